The normalized spacial score (nSPS) is 12.2. The SMILES string of the molecule is C=C(C)C(=O)OC(F)CCCCCCCCC. The van der Waals surface area contributed by atoms with Crippen LogP contribution in [0.2, 0.25) is 0 Å². The van der Waals surface area contributed by atoms with Gasteiger partial charge in [0.1, 0.15) is 0 Å². The van der Waals surface area contributed by atoms with Gasteiger partial charge in [0.15, 0.2) is 0 Å². The molecular formula is C14H25FO2. The Labute approximate surface area is 104 Å². The molecule has 2 nitrogen and oxygen atoms in total. The van der Waals surface area contributed by atoms with E-state index in [4.69, 9.17) is 0 Å². The molecule has 100 valence electrons. The van der Waals surface area contributed by atoms with Crippen molar-refractivity contribution in [1.29, 1.82) is 0 Å². The number of unbranched alkanes of at least 4 members (excludes halogenated alkanes) is 6. The average Bonchev–Trinajstić information content (AvgIpc) is 2.27. The number of carbonyl (C=O) groups is 1. The molecule has 0 aromatic rings. The summed E-state index contributed by atoms with van der Waals surface area (Å²) in [5.74, 6) is -0.638. The van der Waals surface area contributed by atoms with Crippen LogP contribution in [-0.4, -0.2) is 12.3 Å². The van der Waals surface area contributed by atoms with Crippen LogP contribution in [0.3, 0.4) is 0 Å². The summed E-state index contributed by atoms with van der Waals surface area (Å²) in [7, 11) is 0. The van der Waals surface area contributed by atoms with Crippen LogP contribution in [0.15, 0.2) is 12.2 Å². The lowest BCUT2D eigenvalue weighted by atomic mass is 10.1. The summed E-state index contributed by atoms with van der Waals surface area (Å²) < 4.78 is 17.7. The lowest BCUT2D eigenvalue weighted by Crippen LogP contribution is -2.13. The minimum absolute atomic E-state index is 0.243. The first kappa shape index (κ1) is 16.1. The molecule has 0 radical (unpaired) electrons. The van der Waals surface area contributed by atoms with Crippen molar-refractivity contribution in [3.8, 4) is 0 Å². The molecule has 0 aliphatic carbocycles. The van der Waals surface area contributed by atoms with E-state index in [2.05, 4.69) is 18.2 Å². The van der Waals surface area contributed by atoms with E-state index in [-0.39, 0.29) is 5.57 Å². The highest BCUT2D eigenvalue weighted by molar-refractivity contribution is 5.86. The highest BCUT2D eigenvalue weighted by Gasteiger charge is 2.12. The van der Waals surface area contributed by atoms with Gasteiger partial charge in [-0.15, -0.1) is 0 Å². The van der Waals surface area contributed by atoms with Crippen LogP contribution in [-0.2, 0) is 9.53 Å². The van der Waals surface area contributed by atoms with Gasteiger partial charge in [0.25, 0.3) is 0 Å². The quantitative estimate of drug-likeness (QED) is 0.320. The van der Waals surface area contributed by atoms with E-state index >= 15 is 0 Å². The average molecular weight is 244 g/mol. The second-order valence-corrected chi connectivity index (χ2v) is 4.51. The molecule has 0 aliphatic rings. The summed E-state index contributed by atoms with van der Waals surface area (Å²) in [5, 5.41) is 0. The summed E-state index contributed by atoms with van der Waals surface area (Å²) in [5.41, 5.74) is 0.243. The van der Waals surface area contributed by atoms with Crippen LogP contribution in [0.5, 0.6) is 0 Å². The van der Waals surface area contributed by atoms with Crippen molar-refractivity contribution in [3.63, 3.8) is 0 Å². The third-order valence-corrected chi connectivity index (χ3v) is 2.62. The van der Waals surface area contributed by atoms with Gasteiger partial charge >= 0.3 is 5.97 Å². The maximum Gasteiger partial charge on any atom is 0.335 e. The maximum absolute atomic E-state index is 13.2. The van der Waals surface area contributed by atoms with Gasteiger partial charge in [-0.2, -0.15) is 0 Å². The maximum atomic E-state index is 13.2. The number of ether oxygens (including phenoxy) is 1. The highest BCUT2D eigenvalue weighted by atomic mass is 19.1. The molecule has 0 aromatic heterocycles. The van der Waals surface area contributed by atoms with Crippen LogP contribution < -0.4 is 0 Å². The minimum atomic E-state index is -1.48. The van der Waals surface area contributed by atoms with Gasteiger partial charge in [-0.05, 0) is 13.3 Å². The van der Waals surface area contributed by atoms with E-state index in [1.54, 1.807) is 0 Å². The fourth-order valence-corrected chi connectivity index (χ4v) is 1.54. The molecule has 17 heavy (non-hydrogen) atoms. The zero-order valence-corrected chi connectivity index (χ0v) is 11.1. The van der Waals surface area contributed by atoms with E-state index in [0.717, 1.165) is 19.3 Å². The second-order valence-electron chi connectivity index (χ2n) is 4.51. The summed E-state index contributed by atoms with van der Waals surface area (Å²) >= 11 is 0. The van der Waals surface area contributed by atoms with Crippen molar-refractivity contribution in [1.82, 2.24) is 0 Å². The van der Waals surface area contributed by atoms with Crippen molar-refractivity contribution in [2.75, 3.05) is 0 Å². The molecule has 0 bridgehead atoms. The molecule has 0 heterocycles. The zero-order chi connectivity index (χ0) is 13.1. The molecule has 1 atom stereocenters. The van der Waals surface area contributed by atoms with Crippen molar-refractivity contribution in [3.05, 3.63) is 12.2 Å². The fraction of sp³-hybridized carbons (Fsp3) is 0.786. The van der Waals surface area contributed by atoms with E-state index < -0.39 is 12.3 Å². The predicted molar refractivity (Wildman–Crippen MR) is 68.4 cm³/mol. The highest BCUT2D eigenvalue weighted by Crippen LogP contribution is 2.12. The van der Waals surface area contributed by atoms with Gasteiger partial charge in [-0.1, -0.05) is 52.0 Å². The van der Waals surface area contributed by atoms with Crippen molar-refractivity contribution >= 4 is 5.97 Å². The summed E-state index contributed by atoms with van der Waals surface area (Å²) in [6.45, 7) is 7.11. The largest absolute Gasteiger partial charge is 0.428 e. The Bertz CT molecular complexity index is 226. The predicted octanol–water partition coefficient (Wildman–Crippen LogP) is 4.54. The van der Waals surface area contributed by atoms with Crippen LogP contribution in [0.25, 0.3) is 0 Å². The monoisotopic (exact) mass is 244 g/mol. The smallest absolute Gasteiger partial charge is 0.335 e. The number of esters is 1. The van der Waals surface area contributed by atoms with E-state index in [1.807, 2.05) is 0 Å². The molecule has 0 saturated carbocycles. The molecule has 0 rings (SSSR count). The van der Waals surface area contributed by atoms with Crippen molar-refractivity contribution in [2.24, 2.45) is 0 Å². The first-order valence-electron chi connectivity index (χ1n) is 6.58. The fourth-order valence-electron chi connectivity index (χ4n) is 1.54. The van der Waals surface area contributed by atoms with Crippen molar-refractivity contribution in [2.45, 2.75) is 71.6 Å². The Morgan fingerprint density at radius 2 is 1.71 bits per heavy atom. The number of hydrogen-bond donors (Lipinski definition) is 0. The number of rotatable bonds is 10. The number of hydrogen-bond acceptors (Lipinski definition) is 2. The topological polar surface area (TPSA) is 26.3 Å². The molecule has 0 amide bonds. The molecule has 0 N–H and O–H groups in total. The van der Waals surface area contributed by atoms with Crippen molar-refractivity contribution < 1.29 is 13.9 Å². The zero-order valence-electron chi connectivity index (χ0n) is 11.1. The molecular weight excluding hydrogens is 219 g/mol. The molecule has 0 saturated heterocycles. The Morgan fingerprint density at radius 1 is 1.18 bits per heavy atom. The summed E-state index contributed by atoms with van der Waals surface area (Å²) in [6.07, 6.45) is 6.75. The van der Waals surface area contributed by atoms with Crippen LogP contribution in [0.1, 0.15) is 65.2 Å². The van der Waals surface area contributed by atoms with Gasteiger partial charge < -0.3 is 4.74 Å². The van der Waals surface area contributed by atoms with Crippen LogP contribution in [0, 0.1) is 0 Å². The first-order valence-corrected chi connectivity index (χ1v) is 6.58. The van der Waals surface area contributed by atoms with Gasteiger partial charge in [0.05, 0.1) is 0 Å². The Kier molecular flexibility index (Phi) is 9.78. The van der Waals surface area contributed by atoms with Gasteiger partial charge in [0, 0.05) is 12.0 Å². The Balaban J connectivity index is 3.36. The molecule has 1 unspecified atom stereocenters. The minimum Gasteiger partial charge on any atom is -0.428 e. The van der Waals surface area contributed by atoms with Crippen LogP contribution >= 0.6 is 0 Å². The van der Waals surface area contributed by atoms with Gasteiger partial charge in [-0.25, -0.2) is 9.18 Å². The third kappa shape index (κ3) is 10.0. The van der Waals surface area contributed by atoms with E-state index in [9.17, 15) is 9.18 Å². The first-order chi connectivity index (χ1) is 8.07. The molecule has 0 spiro atoms. The van der Waals surface area contributed by atoms with E-state index in [1.165, 1.54) is 32.6 Å². The second kappa shape index (κ2) is 10.3. The summed E-state index contributed by atoms with van der Waals surface area (Å²) in [4.78, 5) is 11.0. The lowest BCUT2D eigenvalue weighted by molar-refractivity contribution is -0.153. The van der Waals surface area contributed by atoms with Gasteiger partial charge in [0.2, 0.25) is 6.36 Å². The number of carbonyl (C=O) groups excluding carboxylic acids is 1. The van der Waals surface area contributed by atoms with Gasteiger partial charge in [-0.3, -0.25) is 0 Å². The molecule has 0 aliphatic heterocycles. The summed E-state index contributed by atoms with van der Waals surface area (Å²) in [6, 6.07) is 0. The molecule has 0 aromatic carbocycles. The third-order valence-electron chi connectivity index (χ3n) is 2.62. The standard InChI is InChI=1S/C14H25FO2/c1-4-5-6-7-8-9-10-11-13(15)17-14(16)12(2)3/h13H,2,4-11H2,1,3H3. The molecule has 0 fully saturated rings. The lowest BCUT2D eigenvalue weighted by Gasteiger charge is -2.09. The Hall–Kier alpha value is -0.860. The van der Waals surface area contributed by atoms with Crippen LogP contribution in [0.4, 0.5) is 4.39 Å². The Morgan fingerprint density at radius 3 is 2.24 bits per heavy atom. The number of alkyl halides is 1. The van der Waals surface area contributed by atoms with E-state index in [0.29, 0.717) is 6.42 Å². The number of halogens is 1. The molecule has 3 heteroatoms.